The lowest BCUT2D eigenvalue weighted by molar-refractivity contribution is -0.122. The number of nitrogens with zero attached hydrogens (tertiary/aromatic N) is 2. The zero-order valence-corrected chi connectivity index (χ0v) is 15.4. The number of urea groups is 1. The van der Waals surface area contributed by atoms with Gasteiger partial charge in [0, 0.05) is 0 Å². The minimum atomic E-state index is -0.780. The molecular weight excluding hydrogens is 358 g/mol. The first-order valence-corrected chi connectivity index (χ1v) is 8.48. The van der Waals surface area contributed by atoms with Crippen LogP contribution in [0.5, 0.6) is 5.75 Å². The fourth-order valence-electron chi connectivity index (χ4n) is 2.91. The van der Waals surface area contributed by atoms with Gasteiger partial charge in [0.05, 0.1) is 5.69 Å². The van der Waals surface area contributed by atoms with Crippen LogP contribution in [-0.4, -0.2) is 24.5 Å². The van der Waals surface area contributed by atoms with Gasteiger partial charge in [-0.2, -0.15) is 5.26 Å². The number of barbiturate groups is 1. The van der Waals surface area contributed by atoms with Crippen LogP contribution >= 0.6 is 0 Å². The quantitative estimate of drug-likeness (QED) is 0.654. The second-order valence-electron chi connectivity index (χ2n) is 6.32. The molecule has 0 atom stereocenters. The van der Waals surface area contributed by atoms with E-state index in [2.05, 4.69) is 5.32 Å². The molecule has 4 amide bonds. The summed E-state index contributed by atoms with van der Waals surface area (Å²) in [5, 5.41) is 10.7. The molecule has 3 rings (SSSR count). The van der Waals surface area contributed by atoms with E-state index in [1.165, 1.54) is 6.08 Å². The Morgan fingerprint density at radius 1 is 1.07 bits per heavy atom. The molecular formula is C21H17N3O4. The van der Waals surface area contributed by atoms with Gasteiger partial charge >= 0.3 is 6.03 Å². The topological polar surface area (TPSA) is 99.5 Å². The lowest BCUT2D eigenvalue weighted by Crippen LogP contribution is -2.54. The number of hydrogen-bond donors (Lipinski definition) is 1. The molecule has 1 saturated heterocycles. The van der Waals surface area contributed by atoms with Crippen LogP contribution in [0.4, 0.5) is 10.5 Å². The number of carbonyl (C=O) groups is 3. The lowest BCUT2D eigenvalue weighted by atomic mass is 10.1. The molecule has 1 N–H and O–H groups in total. The third kappa shape index (κ3) is 3.91. The van der Waals surface area contributed by atoms with E-state index >= 15 is 0 Å². The molecule has 0 aromatic heterocycles. The number of ether oxygens (including phenoxy) is 1. The monoisotopic (exact) mass is 375 g/mol. The fourth-order valence-corrected chi connectivity index (χ4v) is 2.91. The highest BCUT2D eigenvalue weighted by atomic mass is 16.5. The summed E-state index contributed by atoms with van der Waals surface area (Å²) < 4.78 is 5.17. The van der Waals surface area contributed by atoms with E-state index in [9.17, 15) is 14.4 Å². The number of carbonyl (C=O) groups excluding carboxylic acids is 3. The van der Waals surface area contributed by atoms with E-state index in [0.717, 1.165) is 16.0 Å². The van der Waals surface area contributed by atoms with Crippen LogP contribution in [0.15, 0.2) is 48.0 Å². The number of benzene rings is 2. The SMILES string of the molecule is Cc1cc(C)cc(N2C(=O)NC(=O)/C(=C\c3ccc(OCC#N)cc3)C2=O)c1. The van der Waals surface area contributed by atoms with Crippen LogP contribution in [0.1, 0.15) is 16.7 Å². The molecule has 7 nitrogen and oxygen atoms in total. The molecule has 140 valence electrons. The van der Waals surface area contributed by atoms with Crippen molar-refractivity contribution in [1.29, 1.82) is 5.26 Å². The van der Waals surface area contributed by atoms with Gasteiger partial charge in [0.15, 0.2) is 6.61 Å². The zero-order valence-electron chi connectivity index (χ0n) is 15.4. The van der Waals surface area contributed by atoms with Crippen LogP contribution in [0.2, 0.25) is 0 Å². The third-order valence-electron chi connectivity index (χ3n) is 4.06. The maximum atomic E-state index is 12.9. The van der Waals surface area contributed by atoms with E-state index in [-0.39, 0.29) is 12.2 Å². The molecule has 0 bridgehead atoms. The third-order valence-corrected chi connectivity index (χ3v) is 4.06. The minimum Gasteiger partial charge on any atom is -0.479 e. The Kier molecular flexibility index (Phi) is 5.23. The van der Waals surface area contributed by atoms with Crippen molar-refractivity contribution in [3.63, 3.8) is 0 Å². The lowest BCUT2D eigenvalue weighted by Gasteiger charge is -2.27. The summed E-state index contributed by atoms with van der Waals surface area (Å²) in [5.74, 6) is -0.945. The van der Waals surface area contributed by atoms with Gasteiger partial charge in [0.25, 0.3) is 11.8 Å². The van der Waals surface area contributed by atoms with E-state index in [1.54, 1.807) is 36.4 Å². The zero-order chi connectivity index (χ0) is 20.3. The number of aryl methyl sites for hydroxylation is 2. The Morgan fingerprint density at radius 2 is 1.71 bits per heavy atom. The Labute approximate surface area is 161 Å². The van der Waals surface area contributed by atoms with Gasteiger partial charge in [-0.1, -0.05) is 18.2 Å². The number of imide groups is 2. The second-order valence-corrected chi connectivity index (χ2v) is 6.32. The van der Waals surface area contributed by atoms with Crippen molar-refractivity contribution >= 4 is 29.6 Å². The molecule has 2 aromatic carbocycles. The summed E-state index contributed by atoms with van der Waals surface area (Å²) in [7, 11) is 0. The highest BCUT2D eigenvalue weighted by molar-refractivity contribution is 6.39. The molecule has 1 heterocycles. The van der Waals surface area contributed by atoms with Crippen molar-refractivity contribution in [1.82, 2.24) is 5.32 Å². The van der Waals surface area contributed by atoms with Crippen LogP contribution in [0.25, 0.3) is 6.08 Å². The summed E-state index contributed by atoms with van der Waals surface area (Å²) in [6.07, 6.45) is 1.41. The minimum absolute atomic E-state index is 0.0751. The van der Waals surface area contributed by atoms with Crippen LogP contribution in [0, 0.1) is 25.2 Å². The number of amides is 4. The first-order valence-electron chi connectivity index (χ1n) is 8.48. The van der Waals surface area contributed by atoms with Crippen molar-refractivity contribution in [2.45, 2.75) is 13.8 Å². The fraction of sp³-hybridized carbons (Fsp3) is 0.143. The summed E-state index contributed by atoms with van der Waals surface area (Å²) >= 11 is 0. The number of rotatable bonds is 4. The maximum absolute atomic E-state index is 12.9. The van der Waals surface area contributed by atoms with Crippen molar-refractivity contribution in [2.75, 3.05) is 11.5 Å². The van der Waals surface area contributed by atoms with Crippen molar-refractivity contribution in [2.24, 2.45) is 0 Å². The standard InChI is InChI=1S/C21H17N3O4/c1-13-9-14(2)11-16(10-13)24-20(26)18(19(25)23-21(24)27)12-15-3-5-17(6-4-15)28-8-7-22/h3-6,9-12H,8H2,1-2H3,(H,23,25,27)/b18-12+. The van der Waals surface area contributed by atoms with Gasteiger partial charge in [-0.05, 0) is 60.9 Å². The molecule has 0 radical (unpaired) electrons. The summed E-state index contributed by atoms with van der Waals surface area (Å²) in [6.45, 7) is 3.65. The highest BCUT2D eigenvalue weighted by Gasteiger charge is 2.36. The normalized spacial score (nSPS) is 15.4. The van der Waals surface area contributed by atoms with Gasteiger partial charge in [-0.15, -0.1) is 0 Å². The van der Waals surface area contributed by atoms with Crippen LogP contribution in [0.3, 0.4) is 0 Å². The van der Waals surface area contributed by atoms with E-state index in [4.69, 9.17) is 10.00 Å². The van der Waals surface area contributed by atoms with Crippen LogP contribution < -0.4 is 15.0 Å². The van der Waals surface area contributed by atoms with E-state index in [0.29, 0.717) is 17.0 Å². The van der Waals surface area contributed by atoms with Gasteiger partial charge < -0.3 is 4.74 Å². The molecule has 1 aliphatic rings. The predicted molar refractivity (Wildman–Crippen MR) is 102 cm³/mol. The molecule has 0 unspecified atom stereocenters. The molecule has 2 aromatic rings. The molecule has 7 heteroatoms. The van der Waals surface area contributed by atoms with Crippen molar-refractivity contribution in [3.05, 3.63) is 64.7 Å². The molecule has 0 aliphatic carbocycles. The van der Waals surface area contributed by atoms with Gasteiger partial charge in [0.2, 0.25) is 0 Å². The number of nitriles is 1. The molecule has 0 saturated carbocycles. The largest absolute Gasteiger partial charge is 0.479 e. The highest BCUT2D eigenvalue weighted by Crippen LogP contribution is 2.24. The Hall–Kier alpha value is -3.92. The maximum Gasteiger partial charge on any atom is 0.335 e. The summed E-state index contributed by atoms with van der Waals surface area (Å²) in [4.78, 5) is 38.4. The van der Waals surface area contributed by atoms with Crippen LogP contribution in [-0.2, 0) is 9.59 Å². The molecule has 0 spiro atoms. The second kappa shape index (κ2) is 7.76. The molecule has 1 fully saturated rings. The Balaban J connectivity index is 1.93. The van der Waals surface area contributed by atoms with Gasteiger partial charge in [-0.3, -0.25) is 14.9 Å². The smallest absolute Gasteiger partial charge is 0.335 e. The van der Waals surface area contributed by atoms with Crippen molar-refractivity contribution < 1.29 is 19.1 Å². The molecule has 28 heavy (non-hydrogen) atoms. The average Bonchev–Trinajstić information content (AvgIpc) is 2.63. The first-order chi connectivity index (χ1) is 13.4. The Morgan fingerprint density at radius 3 is 2.32 bits per heavy atom. The summed E-state index contributed by atoms with van der Waals surface area (Å²) in [6, 6.07) is 13.0. The van der Waals surface area contributed by atoms with E-state index in [1.807, 2.05) is 26.0 Å². The van der Waals surface area contributed by atoms with Gasteiger partial charge in [-0.25, -0.2) is 9.69 Å². The van der Waals surface area contributed by atoms with Crippen molar-refractivity contribution in [3.8, 4) is 11.8 Å². The average molecular weight is 375 g/mol. The van der Waals surface area contributed by atoms with E-state index < -0.39 is 17.8 Å². The Bertz CT molecular complexity index is 1010. The van der Waals surface area contributed by atoms with Gasteiger partial charge in [0.1, 0.15) is 17.4 Å². The predicted octanol–water partition coefficient (Wildman–Crippen LogP) is 2.87. The molecule has 1 aliphatic heterocycles. The summed E-state index contributed by atoms with van der Waals surface area (Å²) in [5.41, 5.74) is 2.62. The number of nitrogens with one attached hydrogen (secondary N) is 1. The first kappa shape index (κ1) is 18.9. The number of anilines is 1. The number of hydrogen-bond acceptors (Lipinski definition) is 5.